The second-order valence-electron chi connectivity index (χ2n) is 3.46. The molecule has 0 aliphatic heterocycles. The number of hydrogen-bond acceptors (Lipinski definition) is 5. The minimum atomic E-state index is -1.17. The summed E-state index contributed by atoms with van der Waals surface area (Å²) in [6.45, 7) is 4.01. The number of carboxylic acid groups (broad SMARTS) is 1. The van der Waals surface area contributed by atoms with Crippen molar-refractivity contribution in [3.8, 4) is 16.7 Å². The van der Waals surface area contributed by atoms with E-state index in [-0.39, 0.29) is 17.5 Å². The third-order valence-electron chi connectivity index (χ3n) is 2.14. The van der Waals surface area contributed by atoms with E-state index < -0.39 is 5.97 Å². The summed E-state index contributed by atoms with van der Waals surface area (Å²) < 4.78 is 11.4. The van der Waals surface area contributed by atoms with Crippen molar-refractivity contribution < 1.29 is 19.1 Å². The molecule has 2 rings (SSSR count). The van der Waals surface area contributed by atoms with Gasteiger partial charge >= 0.3 is 11.9 Å². The summed E-state index contributed by atoms with van der Waals surface area (Å²) in [6, 6.07) is 1.88. The van der Waals surface area contributed by atoms with Crippen LogP contribution >= 0.6 is 27.3 Å². The molecular weight excluding hydrogens is 322 g/mol. The van der Waals surface area contributed by atoms with E-state index in [1.165, 1.54) is 11.3 Å². The molecule has 0 spiro atoms. The van der Waals surface area contributed by atoms with Crippen LogP contribution in [0.2, 0.25) is 0 Å². The summed E-state index contributed by atoms with van der Waals surface area (Å²) in [4.78, 5) is 15.7. The fourth-order valence-corrected chi connectivity index (χ4v) is 2.80. The molecule has 0 aliphatic carbocycles. The fourth-order valence-electron chi connectivity index (χ4n) is 1.34. The van der Waals surface area contributed by atoms with E-state index in [0.717, 1.165) is 14.2 Å². The zero-order chi connectivity index (χ0) is 13.3. The predicted octanol–water partition coefficient (Wildman–Crippen LogP) is 3.57. The maximum absolute atomic E-state index is 11.0. The minimum absolute atomic E-state index is 0.0535. The van der Waals surface area contributed by atoms with Gasteiger partial charge < -0.3 is 14.3 Å². The Morgan fingerprint density at radius 1 is 1.67 bits per heavy atom. The number of oxazole rings is 1. The first-order valence-corrected chi connectivity index (χ1v) is 6.77. The van der Waals surface area contributed by atoms with Gasteiger partial charge in [-0.2, -0.15) is 4.98 Å². The van der Waals surface area contributed by atoms with E-state index in [0.29, 0.717) is 6.61 Å². The molecule has 1 N–H and O–H groups in total. The third kappa shape index (κ3) is 2.41. The van der Waals surface area contributed by atoms with Gasteiger partial charge in [0, 0.05) is 0 Å². The van der Waals surface area contributed by atoms with Gasteiger partial charge in [0.15, 0.2) is 0 Å². The monoisotopic (exact) mass is 331 g/mol. The third-order valence-corrected chi connectivity index (χ3v) is 4.27. The second-order valence-corrected chi connectivity index (χ2v) is 5.83. The van der Waals surface area contributed by atoms with E-state index in [4.69, 9.17) is 14.3 Å². The Labute approximate surface area is 116 Å². The van der Waals surface area contributed by atoms with Crippen LogP contribution in [0.15, 0.2) is 14.3 Å². The van der Waals surface area contributed by atoms with Gasteiger partial charge in [-0.05, 0) is 41.4 Å². The van der Waals surface area contributed by atoms with Crippen molar-refractivity contribution in [1.29, 1.82) is 0 Å². The molecule has 2 aromatic rings. The van der Waals surface area contributed by atoms with Crippen molar-refractivity contribution in [2.24, 2.45) is 0 Å². The zero-order valence-electron chi connectivity index (χ0n) is 9.69. The van der Waals surface area contributed by atoms with Gasteiger partial charge in [-0.15, -0.1) is 11.3 Å². The van der Waals surface area contributed by atoms with Crippen molar-refractivity contribution in [2.45, 2.75) is 13.8 Å². The smallest absolute Gasteiger partial charge is 0.362 e. The first kappa shape index (κ1) is 13.1. The molecule has 18 heavy (non-hydrogen) atoms. The van der Waals surface area contributed by atoms with Crippen LogP contribution < -0.4 is 4.74 Å². The van der Waals surface area contributed by atoms with Gasteiger partial charge in [-0.25, -0.2) is 4.79 Å². The normalized spacial score (nSPS) is 10.6. The minimum Gasteiger partial charge on any atom is -0.476 e. The van der Waals surface area contributed by atoms with Gasteiger partial charge in [-0.3, -0.25) is 0 Å². The Balaban J connectivity index is 2.45. The summed E-state index contributed by atoms with van der Waals surface area (Å²) in [6.07, 6.45) is 0. The molecule has 0 saturated heterocycles. The first-order valence-electron chi connectivity index (χ1n) is 5.16. The lowest BCUT2D eigenvalue weighted by atomic mass is 10.3. The molecule has 96 valence electrons. The highest BCUT2D eigenvalue weighted by atomic mass is 79.9. The molecule has 7 heteroatoms. The van der Waals surface area contributed by atoms with E-state index in [9.17, 15) is 4.79 Å². The molecule has 0 aromatic carbocycles. The summed E-state index contributed by atoms with van der Waals surface area (Å²) in [5.41, 5.74) is 0.845. The first-order chi connectivity index (χ1) is 8.52. The lowest BCUT2D eigenvalue weighted by Gasteiger charge is -1.96. The quantitative estimate of drug-likeness (QED) is 0.927. The number of aromatic nitrogens is 1. The molecule has 5 nitrogen and oxygen atoms in total. The van der Waals surface area contributed by atoms with Gasteiger partial charge in [0.1, 0.15) is 0 Å². The Morgan fingerprint density at radius 2 is 2.39 bits per heavy atom. The van der Waals surface area contributed by atoms with Crippen LogP contribution in [-0.4, -0.2) is 22.7 Å². The van der Waals surface area contributed by atoms with Crippen LogP contribution in [0.4, 0.5) is 0 Å². The van der Waals surface area contributed by atoms with E-state index in [1.54, 1.807) is 6.92 Å². The molecule has 0 amide bonds. The number of ether oxygens (including phenoxy) is 1. The molecule has 0 saturated carbocycles. The number of nitrogens with zero attached hydrogens (tertiary/aromatic N) is 1. The highest BCUT2D eigenvalue weighted by Gasteiger charge is 2.22. The molecule has 0 bridgehead atoms. The number of aryl methyl sites for hydroxylation is 1. The Bertz CT molecular complexity index is 570. The standard InChI is InChI=1S/C11H10BrNO4S/c1-3-16-11-7(10(14)15)13-9(17-11)6-4-5(2)8(12)18-6/h4H,3H2,1-2H3,(H,14,15). The highest BCUT2D eigenvalue weighted by molar-refractivity contribution is 9.11. The number of carbonyl (C=O) groups is 1. The molecular formula is C11H10BrNO4S. The van der Waals surface area contributed by atoms with E-state index in [2.05, 4.69) is 20.9 Å². The lowest BCUT2D eigenvalue weighted by molar-refractivity contribution is 0.0683. The van der Waals surface area contributed by atoms with Gasteiger partial charge in [-0.1, -0.05) is 0 Å². The second kappa shape index (κ2) is 5.11. The molecule has 0 atom stereocenters. The van der Waals surface area contributed by atoms with Crippen molar-refractivity contribution >= 4 is 33.2 Å². The van der Waals surface area contributed by atoms with Crippen LogP contribution in [0.5, 0.6) is 5.95 Å². The Hall–Kier alpha value is -1.34. The van der Waals surface area contributed by atoms with Gasteiger partial charge in [0.05, 0.1) is 15.3 Å². The maximum atomic E-state index is 11.0. The van der Waals surface area contributed by atoms with Gasteiger partial charge in [0.25, 0.3) is 0 Å². The summed E-state index contributed by atoms with van der Waals surface area (Å²) in [5, 5.41) is 9.00. The van der Waals surface area contributed by atoms with Crippen molar-refractivity contribution in [3.05, 3.63) is 21.1 Å². The molecule has 2 aromatic heterocycles. The Morgan fingerprint density at radius 3 is 2.89 bits per heavy atom. The molecule has 0 aliphatic rings. The highest BCUT2D eigenvalue weighted by Crippen LogP contribution is 2.36. The number of thiophene rings is 1. The fraction of sp³-hybridized carbons (Fsp3) is 0.273. The van der Waals surface area contributed by atoms with Crippen LogP contribution in [-0.2, 0) is 0 Å². The van der Waals surface area contributed by atoms with E-state index in [1.807, 2.05) is 13.0 Å². The average Bonchev–Trinajstić information content (AvgIpc) is 2.85. The largest absolute Gasteiger partial charge is 0.476 e. The summed E-state index contributed by atoms with van der Waals surface area (Å²) in [7, 11) is 0. The number of hydrogen-bond donors (Lipinski definition) is 1. The molecule has 0 radical (unpaired) electrons. The van der Waals surface area contributed by atoms with Gasteiger partial charge in [0.2, 0.25) is 11.6 Å². The SMILES string of the molecule is CCOc1oc(-c2cc(C)c(Br)s2)nc1C(=O)O. The average molecular weight is 332 g/mol. The van der Waals surface area contributed by atoms with Crippen LogP contribution in [0.3, 0.4) is 0 Å². The molecule has 0 unspecified atom stereocenters. The number of aromatic carboxylic acids is 1. The molecule has 2 heterocycles. The summed E-state index contributed by atoms with van der Waals surface area (Å²) in [5.74, 6) is -0.961. The maximum Gasteiger partial charge on any atom is 0.362 e. The van der Waals surface area contributed by atoms with Crippen LogP contribution in [0, 0.1) is 6.92 Å². The van der Waals surface area contributed by atoms with Crippen LogP contribution in [0.25, 0.3) is 10.8 Å². The van der Waals surface area contributed by atoms with Crippen LogP contribution in [0.1, 0.15) is 23.0 Å². The topological polar surface area (TPSA) is 72.6 Å². The predicted molar refractivity (Wildman–Crippen MR) is 70.4 cm³/mol. The number of carboxylic acids is 1. The van der Waals surface area contributed by atoms with Crippen molar-refractivity contribution in [2.75, 3.05) is 6.61 Å². The van der Waals surface area contributed by atoms with Crippen molar-refractivity contribution in [1.82, 2.24) is 4.98 Å². The Kier molecular flexibility index (Phi) is 3.72. The number of halogens is 1. The lowest BCUT2D eigenvalue weighted by Crippen LogP contribution is -2.01. The number of rotatable bonds is 4. The van der Waals surface area contributed by atoms with Crippen molar-refractivity contribution in [3.63, 3.8) is 0 Å². The zero-order valence-corrected chi connectivity index (χ0v) is 12.1. The van der Waals surface area contributed by atoms with E-state index >= 15 is 0 Å². The molecule has 0 fully saturated rings. The summed E-state index contributed by atoms with van der Waals surface area (Å²) >= 11 is 4.83.